The third kappa shape index (κ3) is 5.11. The third-order valence-electron chi connectivity index (χ3n) is 2.13. The van der Waals surface area contributed by atoms with Gasteiger partial charge in [-0.2, -0.15) is 0 Å². The number of hydrogen-bond acceptors (Lipinski definition) is 3. The molecule has 1 N–H and O–H groups in total. The van der Waals surface area contributed by atoms with Gasteiger partial charge < -0.3 is 10.1 Å². The molecule has 4 heteroatoms. The quantitative estimate of drug-likeness (QED) is 0.834. The molecule has 0 aliphatic carbocycles. The molecule has 1 atom stereocenters. The molecule has 0 saturated carbocycles. The summed E-state index contributed by atoms with van der Waals surface area (Å²) in [4.78, 5) is 1.40. The van der Waals surface area contributed by atoms with E-state index in [1.54, 1.807) is 18.4 Å². The molecule has 0 radical (unpaired) electrons. The lowest BCUT2D eigenvalue weighted by molar-refractivity contribution is 0.166. The van der Waals surface area contributed by atoms with Crippen LogP contribution in [0.3, 0.4) is 0 Å². The van der Waals surface area contributed by atoms with Crippen LogP contribution in [0.1, 0.15) is 18.2 Å². The van der Waals surface area contributed by atoms with Gasteiger partial charge in [0.1, 0.15) is 0 Å². The number of hydrogen-bond donors (Lipinski definition) is 1. The highest BCUT2D eigenvalue weighted by atomic mass is 79.9. The van der Waals surface area contributed by atoms with Gasteiger partial charge in [0.25, 0.3) is 0 Å². The first kappa shape index (κ1) is 13.2. The lowest BCUT2D eigenvalue weighted by atomic mass is 10.2. The van der Waals surface area contributed by atoms with E-state index >= 15 is 0 Å². The van der Waals surface area contributed by atoms with E-state index in [0.717, 1.165) is 26.0 Å². The summed E-state index contributed by atoms with van der Waals surface area (Å²) in [5.41, 5.74) is 0. The van der Waals surface area contributed by atoms with Gasteiger partial charge in [0.2, 0.25) is 0 Å². The van der Waals surface area contributed by atoms with Crippen LogP contribution < -0.4 is 5.32 Å². The van der Waals surface area contributed by atoms with Crippen LogP contribution in [0, 0.1) is 0 Å². The first-order valence-electron chi connectivity index (χ1n) is 5.22. The van der Waals surface area contributed by atoms with Crippen LogP contribution in [0.25, 0.3) is 0 Å². The summed E-state index contributed by atoms with van der Waals surface area (Å²) in [6.07, 6.45) is 2.21. The fourth-order valence-corrected chi connectivity index (χ4v) is 3.01. The zero-order chi connectivity index (χ0) is 11.1. The Morgan fingerprint density at radius 2 is 2.33 bits per heavy atom. The molecular weight excluding hydrogens is 274 g/mol. The summed E-state index contributed by atoms with van der Waals surface area (Å²) in [7, 11) is 1.75. The Hall–Kier alpha value is 0.1000. The molecule has 0 amide bonds. The monoisotopic (exact) mass is 291 g/mol. The number of methoxy groups -OCH3 is 1. The lowest BCUT2D eigenvalue weighted by Crippen LogP contribution is -2.35. The Bertz CT molecular complexity index is 277. The molecule has 2 nitrogen and oxygen atoms in total. The number of ether oxygens (including phenoxy) is 1. The maximum absolute atomic E-state index is 5.21. The van der Waals surface area contributed by atoms with Gasteiger partial charge >= 0.3 is 0 Å². The minimum Gasteiger partial charge on any atom is -0.383 e. The smallest absolute Gasteiger partial charge is 0.0701 e. The molecule has 1 unspecified atom stereocenters. The second kappa shape index (κ2) is 7.39. The molecule has 1 aromatic heterocycles. The van der Waals surface area contributed by atoms with Gasteiger partial charge in [0.05, 0.1) is 10.4 Å². The van der Waals surface area contributed by atoms with Crippen LogP contribution in [0.15, 0.2) is 15.9 Å². The molecule has 1 rings (SSSR count). The summed E-state index contributed by atoms with van der Waals surface area (Å²) >= 11 is 5.28. The van der Waals surface area contributed by atoms with Gasteiger partial charge in [-0.15, -0.1) is 11.3 Å². The van der Waals surface area contributed by atoms with Crippen molar-refractivity contribution >= 4 is 27.3 Å². The van der Waals surface area contributed by atoms with Gasteiger partial charge in [-0.1, -0.05) is 6.92 Å². The van der Waals surface area contributed by atoms with E-state index in [1.165, 1.54) is 8.66 Å². The number of halogens is 1. The second-order valence-electron chi connectivity index (χ2n) is 3.52. The Kier molecular flexibility index (Phi) is 6.48. The third-order valence-corrected chi connectivity index (χ3v) is 3.77. The Morgan fingerprint density at radius 1 is 1.53 bits per heavy atom. The van der Waals surface area contributed by atoms with Crippen LogP contribution in [0.4, 0.5) is 0 Å². The molecule has 86 valence electrons. The zero-order valence-corrected chi connectivity index (χ0v) is 11.7. The van der Waals surface area contributed by atoms with Crippen molar-refractivity contribution in [3.8, 4) is 0 Å². The molecule has 0 aliphatic heterocycles. The molecule has 15 heavy (non-hydrogen) atoms. The van der Waals surface area contributed by atoms with Crippen molar-refractivity contribution in [1.82, 2.24) is 5.32 Å². The van der Waals surface area contributed by atoms with Crippen molar-refractivity contribution < 1.29 is 4.74 Å². The van der Waals surface area contributed by atoms with Crippen molar-refractivity contribution in [2.45, 2.75) is 25.8 Å². The number of nitrogens with one attached hydrogen (secondary N) is 1. The van der Waals surface area contributed by atoms with E-state index in [2.05, 4.69) is 40.3 Å². The summed E-state index contributed by atoms with van der Waals surface area (Å²) in [6.45, 7) is 4.01. The second-order valence-corrected chi connectivity index (χ2v) is 6.06. The van der Waals surface area contributed by atoms with Gasteiger partial charge in [-0.25, -0.2) is 0 Å². The summed E-state index contributed by atoms with van der Waals surface area (Å²) in [5, 5.41) is 3.49. The number of rotatable bonds is 7. The van der Waals surface area contributed by atoms with Gasteiger partial charge in [-0.05, 0) is 47.4 Å². The molecule has 0 aliphatic rings. The van der Waals surface area contributed by atoms with Crippen LogP contribution >= 0.6 is 27.3 Å². The summed E-state index contributed by atoms with van der Waals surface area (Å²) < 4.78 is 6.41. The summed E-state index contributed by atoms with van der Waals surface area (Å²) in [6, 6.07) is 4.70. The molecule has 1 aromatic rings. The fourth-order valence-electron chi connectivity index (χ4n) is 1.44. The molecule has 1 heterocycles. The van der Waals surface area contributed by atoms with Gasteiger partial charge in [0.15, 0.2) is 0 Å². The van der Waals surface area contributed by atoms with E-state index in [-0.39, 0.29) is 0 Å². The fraction of sp³-hybridized carbons (Fsp3) is 0.636. The zero-order valence-electron chi connectivity index (χ0n) is 9.25. The SMILES string of the molecule is CCCNC(COC)Cc1ccc(Br)s1. The maximum atomic E-state index is 5.21. The largest absolute Gasteiger partial charge is 0.383 e. The Labute approximate surface area is 104 Å². The van der Waals surface area contributed by atoms with Crippen molar-refractivity contribution in [1.29, 1.82) is 0 Å². The molecular formula is C11H18BrNOS. The lowest BCUT2D eigenvalue weighted by Gasteiger charge is -2.16. The standard InChI is InChI=1S/C11H18BrNOS/c1-3-6-13-9(8-14-2)7-10-4-5-11(12)15-10/h4-5,9,13H,3,6-8H2,1-2H3. The highest BCUT2D eigenvalue weighted by molar-refractivity contribution is 9.11. The van der Waals surface area contributed by atoms with E-state index < -0.39 is 0 Å². The predicted molar refractivity (Wildman–Crippen MR) is 69.7 cm³/mol. The molecule has 0 bridgehead atoms. The molecule has 0 fully saturated rings. The van der Waals surface area contributed by atoms with Crippen LogP contribution in [-0.2, 0) is 11.2 Å². The van der Waals surface area contributed by atoms with E-state index in [0.29, 0.717) is 6.04 Å². The van der Waals surface area contributed by atoms with Crippen LogP contribution in [-0.4, -0.2) is 26.3 Å². The van der Waals surface area contributed by atoms with Crippen molar-refractivity contribution in [3.63, 3.8) is 0 Å². The molecule has 0 spiro atoms. The molecule has 0 aromatic carbocycles. The first-order chi connectivity index (χ1) is 7.26. The molecule has 0 saturated heterocycles. The maximum Gasteiger partial charge on any atom is 0.0701 e. The van der Waals surface area contributed by atoms with Crippen molar-refractivity contribution in [2.24, 2.45) is 0 Å². The van der Waals surface area contributed by atoms with Crippen LogP contribution in [0.2, 0.25) is 0 Å². The van der Waals surface area contributed by atoms with Gasteiger partial charge in [0, 0.05) is 18.0 Å². The predicted octanol–water partition coefficient (Wildman–Crippen LogP) is 3.07. The topological polar surface area (TPSA) is 21.3 Å². The highest BCUT2D eigenvalue weighted by Crippen LogP contribution is 2.23. The average Bonchev–Trinajstić information content (AvgIpc) is 2.61. The minimum atomic E-state index is 0.431. The summed E-state index contributed by atoms with van der Waals surface area (Å²) in [5.74, 6) is 0. The Balaban J connectivity index is 2.42. The first-order valence-corrected chi connectivity index (χ1v) is 6.83. The Morgan fingerprint density at radius 3 is 2.87 bits per heavy atom. The number of thiophene rings is 1. The highest BCUT2D eigenvalue weighted by Gasteiger charge is 2.09. The van der Waals surface area contributed by atoms with Crippen molar-refractivity contribution in [2.75, 3.05) is 20.3 Å². The normalized spacial score (nSPS) is 13.0. The van der Waals surface area contributed by atoms with Crippen LogP contribution in [0.5, 0.6) is 0 Å². The average molecular weight is 292 g/mol. The van der Waals surface area contributed by atoms with E-state index in [1.807, 2.05) is 0 Å². The van der Waals surface area contributed by atoms with Gasteiger partial charge in [-0.3, -0.25) is 0 Å². The minimum absolute atomic E-state index is 0.431. The van der Waals surface area contributed by atoms with Crippen molar-refractivity contribution in [3.05, 3.63) is 20.8 Å². The van der Waals surface area contributed by atoms with E-state index in [4.69, 9.17) is 4.74 Å². The van der Waals surface area contributed by atoms with E-state index in [9.17, 15) is 0 Å².